The highest BCUT2D eigenvalue weighted by Crippen LogP contribution is 2.21. The second-order valence-corrected chi connectivity index (χ2v) is 3.20. The maximum Gasteiger partial charge on any atom is 0.0908 e. The molecular weight excluding hydrogens is 174 g/mol. The summed E-state index contributed by atoms with van der Waals surface area (Å²) in [5.74, 6) is -0.0444. The fourth-order valence-corrected chi connectivity index (χ4v) is 1.25. The molecule has 0 saturated heterocycles. The Labute approximate surface area is 84.1 Å². The Hall–Kier alpha value is -1.59. The number of hydrogen-bond acceptors (Lipinski definition) is 2. The molecule has 1 aromatic carbocycles. The average molecular weight is 187 g/mol. The maximum absolute atomic E-state index is 9.86. The van der Waals surface area contributed by atoms with Gasteiger partial charge in [0, 0.05) is 12.0 Å². The first-order valence-electron chi connectivity index (χ1n) is 4.55. The van der Waals surface area contributed by atoms with E-state index in [4.69, 9.17) is 5.26 Å². The number of nitriles is 1. The van der Waals surface area contributed by atoms with Crippen LogP contribution in [0.4, 0.5) is 0 Å². The van der Waals surface area contributed by atoms with Crippen LogP contribution in [0.25, 0.3) is 0 Å². The third-order valence-corrected chi connectivity index (χ3v) is 2.11. The van der Waals surface area contributed by atoms with Crippen molar-refractivity contribution in [3.05, 3.63) is 48.0 Å². The quantitative estimate of drug-likeness (QED) is 0.738. The molecule has 1 aromatic rings. The Bertz CT molecular complexity index is 337. The first kappa shape index (κ1) is 10.5. The smallest absolute Gasteiger partial charge is 0.0908 e. The lowest BCUT2D eigenvalue weighted by atomic mass is 9.97. The van der Waals surface area contributed by atoms with Gasteiger partial charge in [0.2, 0.25) is 0 Å². The van der Waals surface area contributed by atoms with Crippen molar-refractivity contribution >= 4 is 0 Å². The lowest BCUT2D eigenvalue weighted by molar-refractivity contribution is 0.139. The highest BCUT2D eigenvalue weighted by Gasteiger charge is 2.12. The highest BCUT2D eigenvalue weighted by molar-refractivity contribution is 5.19. The molecule has 14 heavy (non-hydrogen) atoms. The monoisotopic (exact) mass is 187 g/mol. The molecule has 0 heterocycles. The van der Waals surface area contributed by atoms with Gasteiger partial charge in [0.05, 0.1) is 12.2 Å². The Balaban J connectivity index is 2.71. The summed E-state index contributed by atoms with van der Waals surface area (Å²) in [6.45, 7) is 1.88. The molecule has 0 aliphatic carbocycles. The maximum atomic E-state index is 9.86. The van der Waals surface area contributed by atoms with Gasteiger partial charge in [-0.15, -0.1) is 0 Å². The summed E-state index contributed by atoms with van der Waals surface area (Å²) >= 11 is 0. The molecular formula is C12H13NO. The van der Waals surface area contributed by atoms with Crippen molar-refractivity contribution in [2.24, 2.45) is 5.92 Å². The Morgan fingerprint density at radius 2 is 2.00 bits per heavy atom. The van der Waals surface area contributed by atoms with Crippen LogP contribution < -0.4 is 0 Å². The highest BCUT2D eigenvalue weighted by atomic mass is 16.3. The van der Waals surface area contributed by atoms with E-state index in [2.05, 4.69) is 0 Å². The fourth-order valence-electron chi connectivity index (χ4n) is 1.25. The van der Waals surface area contributed by atoms with Crippen molar-refractivity contribution in [3.8, 4) is 6.07 Å². The molecule has 1 N–H and O–H groups in total. The minimum atomic E-state index is -0.541. The minimum Gasteiger partial charge on any atom is -0.388 e. The predicted octanol–water partition coefficient (Wildman–Crippen LogP) is 2.44. The van der Waals surface area contributed by atoms with Gasteiger partial charge in [-0.1, -0.05) is 43.3 Å². The summed E-state index contributed by atoms with van der Waals surface area (Å²) in [5.41, 5.74) is 0.877. The fraction of sp³-hybridized carbons (Fsp3) is 0.250. The normalized spacial score (nSPS) is 14.9. The van der Waals surface area contributed by atoms with E-state index in [0.29, 0.717) is 0 Å². The van der Waals surface area contributed by atoms with E-state index < -0.39 is 6.10 Å². The lowest BCUT2D eigenvalue weighted by Crippen LogP contribution is -2.06. The van der Waals surface area contributed by atoms with Crippen LogP contribution in [0.2, 0.25) is 0 Å². The van der Waals surface area contributed by atoms with E-state index in [1.165, 1.54) is 6.08 Å². The molecule has 0 aromatic heterocycles. The zero-order valence-electron chi connectivity index (χ0n) is 8.09. The summed E-state index contributed by atoms with van der Waals surface area (Å²) in [5, 5.41) is 18.2. The molecule has 0 amide bonds. The molecule has 0 spiro atoms. The van der Waals surface area contributed by atoms with Gasteiger partial charge < -0.3 is 5.11 Å². The third-order valence-electron chi connectivity index (χ3n) is 2.11. The summed E-state index contributed by atoms with van der Waals surface area (Å²) < 4.78 is 0. The number of aliphatic hydroxyl groups excluding tert-OH is 1. The summed E-state index contributed by atoms with van der Waals surface area (Å²) in [6.07, 6.45) is 2.56. The van der Waals surface area contributed by atoms with Gasteiger partial charge in [0.15, 0.2) is 0 Å². The minimum absolute atomic E-state index is 0.0444. The van der Waals surface area contributed by atoms with Crippen molar-refractivity contribution < 1.29 is 5.11 Å². The topological polar surface area (TPSA) is 44.0 Å². The SMILES string of the molecule is CC(/C=C/C#N)C(O)c1ccccc1. The molecule has 0 aliphatic heterocycles. The van der Waals surface area contributed by atoms with Gasteiger partial charge in [0.1, 0.15) is 0 Å². The first-order valence-corrected chi connectivity index (χ1v) is 4.55. The Kier molecular flexibility index (Phi) is 3.90. The third kappa shape index (κ3) is 2.72. The molecule has 2 atom stereocenters. The molecule has 0 radical (unpaired) electrons. The molecule has 0 aliphatic rings. The van der Waals surface area contributed by atoms with Crippen molar-refractivity contribution in [2.75, 3.05) is 0 Å². The molecule has 2 nitrogen and oxygen atoms in total. The Morgan fingerprint density at radius 1 is 1.36 bits per heavy atom. The molecule has 72 valence electrons. The van der Waals surface area contributed by atoms with Gasteiger partial charge in [-0.25, -0.2) is 0 Å². The van der Waals surface area contributed by atoms with Gasteiger partial charge in [-0.05, 0) is 5.56 Å². The van der Waals surface area contributed by atoms with E-state index in [0.717, 1.165) is 5.56 Å². The van der Waals surface area contributed by atoms with E-state index in [-0.39, 0.29) is 5.92 Å². The molecule has 0 saturated carbocycles. The number of aliphatic hydroxyl groups is 1. The molecule has 0 fully saturated rings. The number of allylic oxidation sites excluding steroid dienone is 1. The lowest BCUT2D eigenvalue weighted by Gasteiger charge is -2.15. The molecule has 2 heteroatoms. The van der Waals surface area contributed by atoms with E-state index in [1.807, 2.05) is 43.3 Å². The first-order chi connectivity index (χ1) is 6.75. The number of benzene rings is 1. The second-order valence-electron chi connectivity index (χ2n) is 3.20. The molecule has 2 unspecified atom stereocenters. The van der Waals surface area contributed by atoms with Crippen LogP contribution in [-0.4, -0.2) is 5.11 Å². The van der Waals surface area contributed by atoms with Crippen LogP contribution in [0, 0.1) is 17.2 Å². The number of nitrogens with zero attached hydrogens (tertiary/aromatic N) is 1. The van der Waals surface area contributed by atoms with Crippen LogP contribution in [0.1, 0.15) is 18.6 Å². The zero-order chi connectivity index (χ0) is 10.4. The van der Waals surface area contributed by atoms with Crippen molar-refractivity contribution in [2.45, 2.75) is 13.0 Å². The van der Waals surface area contributed by atoms with Crippen LogP contribution in [0.5, 0.6) is 0 Å². The van der Waals surface area contributed by atoms with Crippen LogP contribution in [0.15, 0.2) is 42.5 Å². The average Bonchev–Trinajstić information content (AvgIpc) is 2.26. The summed E-state index contributed by atoms with van der Waals surface area (Å²) in [4.78, 5) is 0. The van der Waals surface area contributed by atoms with Gasteiger partial charge in [0.25, 0.3) is 0 Å². The Morgan fingerprint density at radius 3 is 2.57 bits per heavy atom. The van der Waals surface area contributed by atoms with Crippen molar-refractivity contribution in [1.82, 2.24) is 0 Å². The molecule has 1 rings (SSSR count). The van der Waals surface area contributed by atoms with Crippen molar-refractivity contribution in [1.29, 1.82) is 5.26 Å². The largest absolute Gasteiger partial charge is 0.388 e. The zero-order valence-corrected chi connectivity index (χ0v) is 8.09. The number of rotatable bonds is 3. The summed E-state index contributed by atoms with van der Waals surface area (Å²) in [7, 11) is 0. The van der Waals surface area contributed by atoms with Gasteiger partial charge in [-0.2, -0.15) is 5.26 Å². The van der Waals surface area contributed by atoms with E-state index >= 15 is 0 Å². The second kappa shape index (κ2) is 5.21. The predicted molar refractivity (Wildman–Crippen MR) is 55.3 cm³/mol. The van der Waals surface area contributed by atoms with Crippen LogP contribution in [-0.2, 0) is 0 Å². The van der Waals surface area contributed by atoms with Gasteiger partial charge in [-0.3, -0.25) is 0 Å². The molecule has 0 bridgehead atoms. The van der Waals surface area contributed by atoms with Crippen molar-refractivity contribution in [3.63, 3.8) is 0 Å². The van der Waals surface area contributed by atoms with Crippen LogP contribution in [0.3, 0.4) is 0 Å². The van der Waals surface area contributed by atoms with E-state index in [9.17, 15) is 5.11 Å². The standard InChI is InChI=1S/C12H13NO/c1-10(6-5-9-13)12(14)11-7-3-2-4-8-11/h2-8,10,12,14H,1H3/b6-5+. The number of hydrogen-bond donors (Lipinski definition) is 1. The van der Waals surface area contributed by atoms with E-state index in [1.54, 1.807) is 6.08 Å². The van der Waals surface area contributed by atoms with Crippen LogP contribution >= 0.6 is 0 Å². The summed E-state index contributed by atoms with van der Waals surface area (Å²) in [6, 6.07) is 11.4. The van der Waals surface area contributed by atoms with Gasteiger partial charge >= 0.3 is 0 Å².